The van der Waals surface area contributed by atoms with E-state index in [1.807, 2.05) is 12.1 Å². The fourth-order valence-corrected chi connectivity index (χ4v) is 2.11. The minimum Gasteiger partial charge on any atom is -0.423 e. The second kappa shape index (κ2) is 5.06. The Morgan fingerprint density at radius 3 is 2.63 bits per heavy atom. The topological polar surface area (TPSA) is 38.9 Å². The molecular weight excluding hydrogens is 236 g/mol. The van der Waals surface area contributed by atoms with Crippen molar-refractivity contribution in [1.29, 1.82) is 0 Å². The number of aromatic nitrogens is 2. The van der Waals surface area contributed by atoms with Gasteiger partial charge in [-0.1, -0.05) is 36.4 Å². The van der Waals surface area contributed by atoms with Crippen molar-refractivity contribution in [2.24, 2.45) is 0 Å². The highest BCUT2D eigenvalue weighted by atomic mass is 16.4. The van der Waals surface area contributed by atoms with Crippen molar-refractivity contribution in [2.75, 3.05) is 0 Å². The predicted octanol–water partition coefficient (Wildman–Crippen LogP) is 3.64. The molecule has 0 saturated heterocycles. The van der Waals surface area contributed by atoms with Crippen LogP contribution in [0.1, 0.15) is 16.7 Å². The molecule has 1 heterocycles. The lowest BCUT2D eigenvalue weighted by molar-refractivity contribution is 0.568. The van der Waals surface area contributed by atoms with E-state index >= 15 is 0 Å². The van der Waals surface area contributed by atoms with Gasteiger partial charge in [0.2, 0.25) is 12.3 Å². The zero-order chi connectivity index (χ0) is 13.1. The Morgan fingerprint density at radius 1 is 1.05 bits per heavy atom. The van der Waals surface area contributed by atoms with Gasteiger partial charge >= 0.3 is 0 Å². The molecule has 0 radical (unpaired) electrons. The van der Waals surface area contributed by atoms with E-state index in [-0.39, 0.29) is 0 Å². The van der Waals surface area contributed by atoms with Crippen molar-refractivity contribution in [3.63, 3.8) is 0 Å². The van der Waals surface area contributed by atoms with Gasteiger partial charge in [0.05, 0.1) is 0 Å². The quantitative estimate of drug-likeness (QED) is 0.712. The van der Waals surface area contributed by atoms with Gasteiger partial charge < -0.3 is 4.42 Å². The van der Waals surface area contributed by atoms with Gasteiger partial charge in [-0.2, -0.15) is 0 Å². The van der Waals surface area contributed by atoms with Crippen molar-refractivity contribution >= 4 is 0 Å². The van der Waals surface area contributed by atoms with Gasteiger partial charge in [0.15, 0.2) is 0 Å². The number of rotatable bonds is 3. The van der Waals surface area contributed by atoms with Crippen LogP contribution in [0.5, 0.6) is 0 Å². The third kappa shape index (κ3) is 2.55. The lowest BCUT2D eigenvalue weighted by atomic mass is 9.98. The molecule has 0 bridgehead atoms. The molecule has 0 unspecified atom stereocenters. The van der Waals surface area contributed by atoms with E-state index in [0.29, 0.717) is 5.89 Å². The van der Waals surface area contributed by atoms with E-state index in [4.69, 9.17) is 4.42 Å². The minimum absolute atomic E-state index is 0.564. The summed E-state index contributed by atoms with van der Waals surface area (Å²) in [5.74, 6) is 0.564. The van der Waals surface area contributed by atoms with Gasteiger partial charge in [0.25, 0.3) is 0 Å². The molecule has 0 spiro atoms. The summed E-state index contributed by atoms with van der Waals surface area (Å²) in [5, 5.41) is 7.67. The molecule has 94 valence electrons. The fourth-order valence-electron chi connectivity index (χ4n) is 2.11. The zero-order valence-corrected chi connectivity index (χ0v) is 10.7. The van der Waals surface area contributed by atoms with Gasteiger partial charge in [-0.25, -0.2) is 0 Å². The molecule has 3 heteroatoms. The van der Waals surface area contributed by atoms with Crippen LogP contribution in [0.25, 0.3) is 11.5 Å². The summed E-state index contributed by atoms with van der Waals surface area (Å²) in [6.45, 7) is 2.12. The Balaban J connectivity index is 1.95. The standard InChI is InChI=1S/C16H14N2O/c1-12-7-8-14(16-18-17-11-19-16)10-15(12)9-13-5-3-2-4-6-13/h2-8,10-11H,9H2,1H3. The highest BCUT2D eigenvalue weighted by molar-refractivity contribution is 5.55. The highest BCUT2D eigenvalue weighted by Gasteiger charge is 2.07. The Morgan fingerprint density at radius 2 is 1.89 bits per heavy atom. The van der Waals surface area contributed by atoms with E-state index < -0.39 is 0 Å². The number of hydrogen-bond acceptors (Lipinski definition) is 3. The fraction of sp³-hybridized carbons (Fsp3) is 0.125. The molecule has 1 aromatic heterocycles. The lowest BCUT2D eigenvalue weighted by Gasteiger charge is -2.07. The first-order chi connectivity index (χ1) is 9.33. The summed E-state index contributed by atoms with van der Waals surface area (Å²) in [7, 11) is 0. The molecule has 2 aromatic carbocycles. The maximum Gasteiger partial charge on any atom is 0.247 e. The Hall–Kier alpha value is -2.42. The second-order valence-corrected chi connectivity index (χ2v) is 4.55. The molecule has 0 saturated carbocycles. The van der Waals surface area contributed by atoms with Gasteiger partial charge in [-0.05, 0) is 42.2 Å². The van der Waals surface area contributed by atoms with Crippen molar-refractivity contribution in [1.82, 2.24) is 10.2 Å². The first-order valence-electron chi connectivity index (χ1n) is 6.23. The summed E-state index contributed by atoms with van der Waals surface area (Å²) in [5.41, 5.74) is 4.82. The Bertz CT molecular complexity index is 660. The minimum atomic E-state index is 0.564. The summed E-state index contributed by atoms with van der Waals surface area (Å²) < 4.78 is 5.24. The van der Waals surface area contributed by atoms with Gasteiger partial charge in [-0.3, -0.25) is 0 Å². The van der Waals surface area contributed by atoms with Crippen LogP contribution < -0.4 is 0 Å². The van der Waals surface area contributed by atoms with Gasteiger partial charge in [0, 0.05) is 5.56 Å². The van der Waals surface area contributed by atoms with E-state index in [9.17, 15) is 0 Å². The third-order valence-corrected chi connectivity index (χ3v) is 3.19. The number of nitrogens with zero attached hydrogens (tertiary/aromatic N) is 2. The van der Waals surface area contributed by atoms with Gasteiger partial charge in [-0.15, -0.1) is 10.2 Å². The van der Waals surface area contributed by atoms with Crippen molar-refractivity contribution < 1.29 is 4.42 Å². The molecule has 0 N–H and O–H groups in total. The molecule has 3 nitrogen and oxygen atoms in total. The monoisotopic (exact) mass is 250 g/mol. The van der Waals surface area contributed by atoms with Crippen LogP contribution in [0.2, 0.25) is 0 Å². The Kier molecular flexibility index (Phi) is 3.11. The molecule has 3 aromatic rings. The molecule has 0 fully saturated rings. The molecule has 0 aliphatic rings. The highest BCUT2D eigenvalue weighted by Crippen LogP contribution is 2.22. The smallest absolute Gasteiger partial charge is 0.247 e. The summed E-state index contributed by atoms with van der Waals surface area (Å²) in [6, 6.07) is 16.7. The largest absolute Gasteiger partial charge is 0.423 e. The SMILES string of the molecule is Cc1ccc(-c2nnco2)cc1Cc1ccccc1. The Labute approximate surface area is 111 Å². The summed E-state index contributed by atoms with van der Waals surface area (Å²) in [4.78, 5) is 0. The summed E-state index contributed by atoms with van der Waals surface area (Å²) >= 11 is 0. The molecule has 0 aliphatic carbocycles. The predicted molar refractivity (Wildman–Crippen MR) is 73.7 cm³/mol. The van der Waals surface area contributed by atoms with Crippen LogP contribution in [-0.4, -0.2) is 10.2 Å². The molecular formula is C16H14N2O. The van der Waals surface area contributed by atoms with Crippen molar-refractivity contribution in [2.45, 2.75) is 13.3 Å². The van der Waals surface area contributed by atoms with Crippen LogP contribution in [0.3, 0.4) is 0 Å². The van der Waals surface area contributed by atoms with Gasteiger partial charge in [0.1, 0.15) is 0 Å². The van der Waals surface area contributed by atoms with Crippen LogP contribution in [0.4, 0.5) is 0 Å². The molecule has 0 aliphatic heterocycles. The maximum atomic E-state index is 5.24. The van der Waals surface area contributed by atoms with Crippen LogP contribution in [0.15, 0.2) is 59.3 Å². The molecule has 19 heavy (non-hydrogen) atoms. The molecule has 0 amide bonds. The number of benzene rings is 2. The zero-order valence-electron chi connectivity index (χ0n) is 10.7. The maximum absolute atomic E-state index is 5.24. The number of hydrogen-bond donors (Lipinski definition) is 0. The first-order valence-corrected chi connectivity index (χ1v) is 6.23. The normalized spacial score (nSPS) is 10.6. The average Bonchev–Trinajstić information content (AvgIpc) is 2.96. The van der Waals surface area contributed by atoms with Crippen LogP contribution in [-0.2, 0) is 6.42 Å². The van der Waals surface area contributed by atoms with E-state index in [1.165, 1.54) is 23.1 Å². The lowest BCUT2D eigenvalue weighted by Crippen LogP contribution is -1.93. The summed E-state index contributed by atoms with van der Waals surface area (Å²) in [6.07, 6.45) is 2.26. The second-order valence-electron chi connectivity index (χ2n) is 4.55. The average molecular weight is 250 g/mol. The van der Waals surface area contributed by atoms with E-state index in [0.717, 1.165) is 12.0 Å². The van der Waals surface area contributed by atoms with E-state index in [1.54, 1.807) is 0 Å². The van der Waals surface area contributed by atoms with Crippen LogP contribution in [0, 0.1) is 6.92 Å². The molecule has 3 rings (SSSR count). The van der Waals surface area contributed by atoms with Crippen molar-refractivity contribution in [3.8, 4) is 11.5 Å². The van der Waals surface area contributed by atoms with E-state index in [2.05, 4.69) is 53.5 Å². The molecule has 0 atom stereocenters. The van der Waals surface area contributed by atoms with Crippen molar-refractivity contribution in [3.05, 3.63) is 71.6 Å². The number of aryl methyl sites for hydroxylation is 1. The van der Waals surface area contributed by atoms with Crippen LogP contribution >= 0.6 is 0 Å². The first kappa shape index (κ1) is 11.7. The third-order valence-electron chi connectivity index (χ3n) is 3.19.